The van der Waals surface area contributed by atoms with Gasteiger partial charge in [-0.15, -0.1) is 0 Å². The maximum atomic E-state index is 12.4. The third-order valence-electron chi connectivity index (χ3n) is 4.83. The lowest BCUT2D eigenvalue weighted by molar-refractivity contribution is -0.116. The average Bonchev–Trinajstić information content (AvgIpc) is 3.28. The average molecular weight is 384 g/mol. The fraction of sp³-hybridized carbons (Fsp3) is 0.450. The van der Waals surface area contributed by atoms with Crippen LogP contribution in [0.2, 0.25) is 0 Å². The van der Waals surface area contributed by atoms with Crippen molar-refractivity contribution >= 4 is 17.5 Å². The number of nitrogens with zero attached hydrogens (tertiary/aromatic N) is 3. The number of aromatic nitrogens is 2. The Labute approximate surface area is 165 Å². The summed E-state index contributed by atoms with van der Waals surface area (Å²) in [4.78, 5) is 28.4. The zero-order valence-corrected chi connectivity index (χ0v) is 16.7. The number of carbonyl (C=O) groups is 2. The Balaban J connectivity index is 1.55. The highest BCUT2D eigenvalue weighted by atomic mass is 16.2. The molecule has 2 amide bonds. The molecule has 0 aliphatic carbocycles. The van der Waals surface area contributed by atoms with Crippen LogP contribution in [0.15, 0.2) is 30.3 Å². The van der Waals surface area contributed by atoms with E-state index in [9.17, 15) is 9.59 Å². The van der Waals surface area contributed by atoms with Crippen molar-refractivity contribution in [1.82, 2.24) is 25.3 Å². The quantitative estimate of drug-likeness (QED) is 0.674. The van der Waals surface area contributed by atoms with E-state index in [0.29, 0.717) is 30.5 Å². The summed E-state index contributed by atoms with van der Waals surface area (Å²) in [6.07, 6.45) is 2.23. The van der Waals surface area contributed by atoms with Gasteiger partial charge in [0.25, 0.3) is 5.91 Å². The number of benzene rings is 1. The highest BCUT2D eigenvalue weighted by Gasteiger charge is 2.25. The molecule has 1 unspecified atom stereocenters. The van der Waals surface area contributed by atoms with E-state index in [1.165, 1.54) is 0 Å². The molecule has 28 heavy (non-hydrogen) atoms. The fourth-order valence-corrected chi connectivity index (χ4v) is 3.45. The molecule has 0 spiro atoms. The Hall–Kier alpha value is -2.71. The summed E-state index contributed by atoms with van der Waals surface area (Å²) >= 11 is 0. The van der Waals surface area contributed by atoms with E-state index >= 15 is 0 Å². The monoisotopic (exact) mass is 384 g/mol. The minimum Gasteiger partial charge on any atom is -0.347 e. The van der Waals surface area contributed by atoms with Crippen LogP contribution in [0, 0.1) is 0 Å². The predicted octanol–water partition coefficient (Wildman–Crippen LogP) is 1.61. The largest absolute Gasteiger partial charge is 0.347 e. The van der Waals surface area contributed by atoms with Crippen LogP contribution in [0.3, 0.4) is 0 Å². The molecule has 8 heteroatoms. The van der Waals surface area contributed by atoms with E-state index in [0.717, 1.165) is 30.6 Å². The fourth-order valence-electron chi connectivity index (χ4n) is 3.45. The van der Waals surface area contributed by atoms with Gasteiger partial charge < -0.3 is 15.5 Å². The van der Waals surface area contributed by atoms with E-state index in [2.05, 4.69) is 32.8 Å². The molecule has 8 nitrogen and oxygen atoms in total. The van der Waals surface area contributed by atoms with Gasteiger partial charge in [0, 0.05) is 12.2 Å². The van der Waals surface area contributed by atoms with Gasteiger partial charge in [-0.1, -0.05) is 12.1 Å². The number of anilines is 1. The van der Waals surface area contributed by atoms with Gasteiger partial charge in [-0.05, 0) is 64.3 Å². The van der Waals surface area contributed by atoms with Crippen LogP contribution in [0.1, 0.15) is 40.6 Å². The van der Waals surface area contributed by atoms with Crippen LogP contribution in [-0.2, 0) is 11.3 Å². The molecule has 1 atom stereocenters. The number of hydrogen-bond acceptors (Lipinski definition) is 5. The van der Waals surface area contributed by atoms with Crippen LogP contribution < -0.4 is 10.6 Å². The molecule has 1 aliphatic heterocycles. The van der Waals surface area contributed by atoms with Crippen molar-refractivity contribution in [2.24, 2.45) is 0 Å². The number of likely N-dealkylation sites (N-methyl/N-ethyl adjacent to an activating group) is 1. The smallest absolute Gasteiger partial charge is 0.272 e. The Bertz CT molecular complexity index is 832. The summed E-state index contributed by atoms with van der Waals surface area (Å²) in [5, 5.41) is 12.9. The lowest BCUT2D eigenvalue weighted by Crippen LogP contribution is -2.27. The predicted molar refractivity (Wildman–Crippen MR) is 108 cm³/mol. The van der Waals surface area contributed by atoms with E-state index in [-0.39, 0.29) is 11.8 Å². The zero-order valence-electron chi connectivity index (χ0n) is 16.7. The summed E-state index contributed by atoms with van der Waals surface area (Å²) in [6.45, 7) is 1.74. The van der Waals surface area contributed by atoms with Crippen molar-refractivity contribution in [2.45, 2.75) is 25.4 Å². The normalized spacial score (nSPS) is 17.1. The molecule has 1 fully saturated rings. The van der Waals surface area contributed by atoms with Crippen LogP contribution in [0.4, 0.5) is 5.69 Å². The van der Waals surface area contributed by atoms with Crippen molar-refractivity contribution < 1.29 is 9.59 Å². The molecule has 0 saturated carbocycles. The Kier molecular flexibility index (Phi) is 6.43. The van der Waals surface area contributed by atoms with Crippen molar-refractivity contribution in [3.05, 3.63) is 47.3 Å². The van der Waals surface area contributed by atoms with Crippen LogP contribution in [0.25, 0.3) is 0 Å². The zero-order chi connectivity index (χ0) is 20.1. The molecule has 0 radical (unpaired) electrons. The molecule has 3 rings (SSSR count). The highest BCUT2D eigenvalue weighted by Crippen LogP contribution is 2.29. The maximum absolute atomic E-state index is 12.4. The summed E-state index contributed by atoms with van der Waals surface area (Å²) in [7, 11) is 5.77. The number of carbonyl (C=O) groups excluding carboxylic acids is 2. The summed E-state index contributed by atoms with van der Waals surface area (Å²) in [5.74, 6) is -0.294. The SMILES string of the molecule is CN(C)CC(=O)Nc1cccc(CNC(=O)c2cc(C3CCCN3C)[nH]n2)c1. The number of hydrogen-bond donors (Lipinski definition) is 3. The first kappa shape index (κ1) is 20.0. The molecule has 1 aromatic heterocycles. The first-order valence-corrected chi connectivity index (χ1v) is 9.49. The third kappa shape index (κ3) is 5.17. The summed E-state index contributed by atoms with van der Waals surface area (Å²) in [6, 6.07) is 9.59. The molecule has 1 aromatic carbocycles. The van der Waals surface area contributed by atoms with Gasteiger partial charge in [-0.25, -0.2) is 0 Å². The number of likely N-dealkylation sites (tertiary alicyclic amines) is 1. The van der Waals surface area contributed by atoms with Crippen LogP contribution in [0.5, 0.6) is 0 Å². The lowest BCUT2D eigenvalue weighted by Gasteiger charge is -2.16. The first-order valence-electron chi connectivity index (χ1n) is 9.49. The first-order chi connectivity index (χ1) is 13.4. The number of H-pyrrole nitrogens is 1. The highest BCUT2D eigenvalue weighted by molar-refractivity contribution is 5.93. The number of rotatable bonds is 7. The number of aromatic amines is 1. The standard InChI is InChI=1S/C20H28N6O2/c1-25(2)13-19(27)22-15-7-4-6-14(10-15)12-21-20(28)17-11-16(23-24-17)18-8-5-9-26(18)3/h4,6-7,10-11,18H,5,8-9,12-13H2,1-3H3,(H,21,28)(H,22,27)(H,23,24). The second-order valence-corrected chi connectivity index (χ2v) is 7.52. The summed E-state index contributed by atoms with van der Waals surface area (Å²) < 4.78 is 0. The lowest BCUT2D eigenvalue weighted by atomic mass is 10.1. The second-order valence-electron chi connectivity index (χ2n) is 7.52. The minimum atomic E-state index is -0.217. The second kappa shape index (κ2) is 8.99. The van der Waals surface area contributed by atoms with Gasteiger partial charge >= 0.3 is 0 Å². The Morgan fingerprint density at radius 2 is 2.14 bits per heavy atom. The van der Waals surface area contributed by atoms with Crippen molar-refractivity contribution in [3.63, 3.8) is 0 Å². The van der Waals surface area contributed by atoms with Crippen LogP contribution in [-0.4, -0.2) is 66.0 Å². The molecular weight excluding hydrogens is 356 g/mol. The number of nitrogens with one attached hydrogen (secondary N) is 3. The molecule has 2 aromatic rings. The third-order valence-corrected chi connectivity index (χ3v) is 4.83. The molecule has 150 valence electrons. The van der Waals surface area contributed by atoms with E-state index < -0.39 is 0 Å². The van der Waals surface area contributed by atoms with E-state index in [1.807, 2.05) is 44.4 Å². The van der Waals surface area contributed by atoms with Crippen LogP contribution >= 0.6 is 0 Å². The summed E-state index contributed by atoms with van der Waals surface area (Å²) in [5.41, 5.74) is 2.99. The van der Waals surface area contributed by atoms with Crippen molar-refractivity contribution in [1.29, 1.82) is 0 Å². The molecule has 0 bridgehead atoms. The van der Waals surface area contributed by atoms with Gasteiger partial charge in [-0.3, -0.25) is 19.6 Å². The van der Waals surface area contributed by atoms with Gasteiger partial charge in [0.05, 0.1) is 18.3 Å². The molecular formula is C20H28N6O2. The topological polar surface area (TPSA) is 93.4 Å². The number of amides is 2. The molecule has 2 heterocycles. The molecule has 1 saturated heterocycles. The Morgan fingerprint density at radius 3 is 2.86 bits per heavy atom. The minimum absolute atomic E-state index is 0.0767. The van der Waals surface area contributed by atoms with Gasteiger partial charge in [-0.2, -0.15) is 5.10 Å². The molecule has 3 N–H and O–H groups in total. The van der Waals surface area contributed by atoms with E-state index in [4.69, 9.17) is 0 Å². The van der Waals surface area contributed by atoms with E-state index in [1.54, 1.807) is 4.90 Å². The molecule has 1 aliphatic rings. The van der Waals surface area contributed by atoms with Crippen molar-refractivity contribution in [2.75, 3.05) is 39.5 Å². The van der Waals surface area contributed by atoms with Crippen molar-refractivity contribution in [3.8, 4) is 0 Å². The van der Waals surface area contributed by atoms with Gasteiger partial charge in [0.15, 0.2) is 0 Å². The van der Waals surface area contributed by atoms with Gasteiger partial charge in [0.1, 0.15) is 5.69 Å². The Morgan fingerprint density at radius 1 is 1.32 bits per heavy atom. The maximum Gasteiger partial charge on any atom is 0.272 e. The van der Waals surface area contributed by atoms with Gasteiger partial charge in [0.2, 0.25) is 5.91 Å².